The Morgan fingerprint density at radius 3 is 1.54 bits per heavy atom. The first-order chi connectivity index (χ1) is 28.0. The molecule has 0 aliphatic carbocycles. The minimum Gasteiger partial charge on any atom is -0.462 e. The number of hydrogen-bond donors (Lipinski definition) is 3. The van der Waals surface area contributed by atoms with Crippen molar-refractivity contribution < 1.29 is 24.5 Å². The monoisotopic (exact) mass is 794 g/mol. The van der Waals surface area contributed by atoms with Crippen molar-refractivity contribution in [3.05, 3.63) is 85.1 Å². The largest absolute Gasteiger partial charge is 0.462 e. The van der Waals surface area contributed by atoms with E-state index in [4.69, 9.17) is 4.74 Å². The van der Waals surface area contributed by atoms with E-state index >= 15 is 0 Å². The van der Waals surface area contributed by atoms with Crippen LogP contribution < -0.4 is 5.32 Å². The number of aliphatic hydroxyl groups excluding tert-OH is 2. The van der Waals surface area contributed by atoms with E-state index < -0.39 is 18.2 Å². The van der Waals surface area contributed by atoms with E-state index in [1.165, 1.54) is 89.9 Å². The van der Waals surface area contributed by atoms with Crippen molar-refractivity contribution in [1.29, 1.82) is 0 Å². The topological polar surface area (TPSA) is 95.9 Å². The average Bonchev–Trinajstić information content (AvgIpc) is 3.20. The van der Waals surface area contributed by atoms with E-state index in [1.807, 2.05) is 60.8 Å². The van der Waals surface area contributed by atoms with E-state index in [-0.39, 0.29) is 24.9 Å². The molecule has 0 aromatic rings. The molecule has 0 saturated carbocycles. The molecule has 0 aliphatic heterocycles. The van der Waals surface area contributed by atoms with Gasteiger partial charge in [0.15, 0.2) is 0 Å². The summed E-state index contributed by atoms with van der Waals surface area (Å²) in [5, 5.41) is 23.6. The lowest BCUT2D eigenvalue weighted by Gasteiger charge is -2.24. The Morgan fingerprint density at radius 2 is 0.982 bits per heavy atom. The molecule has 0 aromatic heterocycles. The molecule has 0 aliphatic rings. The lowest BCUT2D eigenvalue weighted by atomic mass is 10.0. The molecule has 1 amide bonds. The summed E-state index contributed by atoms with van der Waals surface area (Å²) in [4.78, 5) is 26.0. The van der Waals surface area contributed by atoms with Gasteiger partial charge in [-0.25, -0.2) is 0 Å². The predicted molar refractivity (Wildman–Crippen MR) is 245 cm³/mol. The summed E-state index contributed by atoms with van der Waals surface area (Å²) < 4.78 is 5.86. The van der Waals surface area contributed by atoms with Crippen LogP contribution in [0.15, 0.2) is 85.1 Å². The normalized spacial score (nSPS) is 14.1. The Hall–Kier alpha value is -2.96. The third-order valence-electron chi connectivity index (χ3n) is 10.1. The number of carbonyl (C=O) groups excluding carboxylic acids is 2. The van der Waals surface area contributed by atoms with Crippen LogP contribution in [-0.2, 0) is 14.3 Å². The molecular weight excluding hydrogens is 707 g/mol. The SMILES string of the molecule is CC\C=C/C=C/C=C/C=C\C=C\C=C\CCCC(CC(=O)NC(CO)C(O)CCCCCCCCCCCCC)OC(=O)CCCCCCC/C=C\CCCCC. The fraction of sp³-hybridized carbons (Fsp3) is 0.686. The second kappa shape index (κ2) is 44.1. The molecule has 3 unspecified atom stereocenters. The van der Waals surface area contributed by atoms with Crippen molar-refractivity contribution in [2.75, 3.05) is 6.61 Å². The van der Waals surface area contributed by atoms with Crippen LogP contribution in [0.5, 0.6) is 0 Å². The highest BCUT2D eigenvalue weighted by molar-refractivity contribution is 5.77. The molecule has 0 rings (SSSR count). The number of esters is 1. The van der Waals surface area contributed by atoms with E-state index in [0.717, 1.165) is 64.2 Å². The highest BCUT2D eigenvalue weighted by Crippen LogP contribution is 2.16. The first-order valence-corrected chi connectivity index (χ1v) is 23.4. The summed E-state index contributed by atoms with van der Waals surface area (Å²) >= 11 is 0. The van der Waals surface area contributed by atoms with Crippen LogP contribution in [0.25, 0.3) is 0 Å². The van der Waals surface area contributed by atoms with Crippen molar-refractivity contribution in [2.45, 2.75) is 219 Å². The van der Waals surface area contributed by atoms with Crippen molar-refractivity contribution in [3.8, 4) is 0 Å². The van der Waals surface area contributed by atoms with Crippen LogP contribution >= 0.6 is 0 Å². The highest BCUT2D eigenvalue weighted by Gasteiger charge is 2.24. The highest BCUT2D eigenvalue weighted by atomic mass is 16.5. The molecule has 0 saturated heterocycles. The molecule has 0 fully saturated rings. The summed E-state index contributed by atoms with van der Waals surface area (Å²) in [5.74, 6) is -0.568. The number of nitrogens with one attached hydrogen (secondary N) is 1. The van der Waals surface area contributed by atoms with Crippen LogP contribution in [0.2, 0.25) is 0 Å². The van der Waals surface area contributed by atoms with Crippen LogP contribution in [0.3, 0.4) is 0 Å². The Labute approximate surface area is 351 Å². The van der Waals surface area contributed by atoms with Crippen molar-refractivity contribution in [3.63, 3.8) is 0 Å². The molecule has 0 spiro atoms. The Balaban J connectivity index is 4.80. The van der Waals surface area contributed by atoms with Crippen LogP contribution in [0, 0.1) is 0 Å². The number of hydrogen-bond acceptors (Lipinski definition) is 5. The smallest absolute Gasteiger partial charge is 0.306 e. The lowest BCUT2D eigenvalue weighted by molar-refractivity contribution is -0.151. The van der Waals surface area contributed by atoms with E-state index in [1.54, 1.807) is 0 Å². The molecule has 3 N–H and O–H groups in total. The van der Waals surface area contributed by atoms with Crippen LogP contribution in [0.1, 0.15) is 201 Å². The molecule has 0 aromatic carbocycles. The Bertz CT molecular complexity index is 1120. The molecule has 57 heavy (non-hydrogen) atoms. The number of allylic oxidation sites excluding steroid dienone is 14. The van der Waals surface area contributed by atoms with Gasteiger partial charge in [0.1, 0.15) is 6.10 Å². The van der Waals surface area contributed by atoms with Crippen molar-refractivity contribution in [1.82, 2.24) is 5.32 Å². The predicted octanol–water partition coefficient (Wildman–Crippen LogP) is 13.6. The van der Waals surface area contributed by atoms with E-state index in [9.17, 15) is 19.8 Å². The third-order valence-corrected chi connectivity index (χ3v) is 10.1. The van der Waals surface area contributed by atoms with Gasteiger partial charge in [0.05, 0.1) is 25.2 Å². The summed E-state index contributed by atoms with van der Waals surface area (Å²) in [6.07, 6.45) is 56.4. The van der Waals surface area contributed by atoms with Gasteiger partial charge in [0.2, 0.25) is 5.91 Å². The van der Waals surface area contributed by atoms with Crippen molar-refractivity contribution in [2.24, 2.45) is 0 Å². The number of ether oxygens (including phenoxy) is 1. The van der Waals surface area contributed by atoms with Crippen LogP contribution in [-0.4, -0.2) is 46.9 Å². The number of unbranched alkanes of at least 4 members (excludes halogenated alkanes) is 19. The second-order valence-electron chi connectivity index (χ2n) is 15.6. The van der Waals surface area contributed by atoms with E-state index in [0.29, 0.717) is 19.3 Å². The van der Waals surface area contributed by atoms with Gasteiger partial charge in [-0.05, 0) is 64.2 Å². The summed E-state index contributed by atoms with van der Waals surface area (Å²) in [6, 6.07) is -0.729. The number of amides is 1. The molecule has 326 valence electrons. The zero-order chi connectivity index (χ0) is 41.7. The quantitative estimate of drug-likeness (QED) is 0.0248. The maximum atomic E-state index is 13.1. The maximum Gasteiger partial charge on any atom is 0.306 e. The zero-order valence-corrected chi connectivity index (χ0v) is 36.9. The van der Waals surface area contributed by atoms with Gasteiger partial charge in [0, 0.05) is 6.42 Å². The van der Waals surface area contributed by atoms with Gasteiger partial charge in [-0.3, -0.25) is 9.59 Å². The minimum absolute atomic E-state index is 0.0192. The minimum atomic E-state index is -0.811. The fourth-order valence-electron chi connectivity index (χ4n) is 6.58. The van der Waals surface area contributed by atoms with Gasteiger partial charge >= 0.3 is 5.97 Å². The number of rotatable bonds is 40. The molecular formula is C51H87NO5. The first kappa shape index (κ1) is 54.0. The lowest BCUT2D eigenvalue weighted by Crippen LogP contribution is -2.46. The molecule has 6 nitrogen and oxygen atoms in total. The maximum absolute atomic E-state index is 13.1. The van der Waals surface area contributed by atoms with Gasteiger partial charge in [-0.2, -0.15) is 0 Å². The van der Waals surface area contributed by atoms with Gasteiger partial charge in [-0.1, -0.05) is 209 Å². The molecule has 0 radical (unpaired) electrons. The van der Waals surface area contributed by atoms with Gasteiger partial charge in [-0.15, -0.1) is 0 Å². The molecule has 0 heterocycles. The summed E-state index contributed by atoms with van der Waals surface area (Å²) in [6.45, 7) is 6.26. The van der Waals surface area contributed by atoms with Gasteiger partial charge < -0.3 is 20.3 Å². The Kier molecular flexibility index (Phi) is 41.9. The van der Waals surface area contributed by atoms with E-state index in [2.05, 4.69) is 50.4 Å². The Morgan fingerprint density at radius 1 is 0.526 bits per heavy atom. The first-order valence-electron chi connectivity index (χ1n) is 23.4. The number of aliphatic hydroxyl groups is 2. The summed E-state index contributed by atoms with van der Waals surface area (Å²) in [7, 11) is 0. The second-order valence-corrected chi connectivity index (χ2v) is 15.6. The van der Waals surface area contributed by atoms with Crippen molar-refractivity contribution >= 4 is 11.9 Å². The van der Waals surface area contributed by atoms with Crippen LogP contribution in [0.4, 0.5) is 0 Å². The molecule has 6 heteroatoms. The molecule has 0 bridgehead atoms. The van der Waals surface area contributed by atoms with Gasteiger partial charge in [0.25, 0.3) is 0 Å². The average molecular weight is 794 g/mol. The zero-order valence-electron chi connectivity index (χ0n) is 36.9. The third kappa shape index (κ3) is 39.6. The fourth-order valence-corrected chi connectivity index (χ4v) is 6.58. The standard InChI is InChI=1S/C51H87NO5/c1-4-7-10-13-16-19-22-24-25-26-28-30-33-36-39-42-47(57-51(56)44-41-38-35-32-29-23-20-17-14-11-8-5-2)45-50(55)52-48(46-53)49(54)43-40-37-34-31-27-21-18-15-12-9-6-3/h7,10,13,16-17,19-20,22,24-26,28,30,33,47-49,53-54H,4-6,8-9,11-12,14-15,18,21,23,27,29,31-32,34-46H2,1-3H3,(H,52,55)/b10-7-,16-13+,20-17-,22-19+,25-24-,28-26+,33-30+. The summed E-state index contributed by atoms with van der Waals surface area (Å²) in [5.41, 5.74) is 0. The number of carbonyl (C=O) groups is 2. The molecule has 3 atom stereocenters.